The number of aromatic nitrogens is 2. The minimum Gasteiger partial charge on any atom is -0.398 e. The Kier molecular flexibility index (Phi) is 3.84. The first kappa shape index (κ1) is 14.3. The number of nitrogens with zero attached hydrogens (tertiary/aromatic N) is 2. The fraction of sp³-hybridized carbons (Fsp3) is 0.429. The number of hydrogen-bond donors (Lipinski definition) is 1. The summed E-state index contributed by atoms with van der Waals surface area (Å²) >= 11 is 5.91. The van der Waals surface area contributed by atoms with E-state index in [1.807, 2.05) is 0 Å². The van der Waals surface area contributed by atoms with Crippen LogP contribution in [0.5, 0.6) is 0 Å². The van der Waals surface area contributed by atoms with Crippen molar-refractivity contribution >= 4 is 17.3 Å². The predicted octanol–water partition coefficient (Wildman–Crippen LogP) is 2.62. The van der Waals surface area contributed by atoms with Crippen molar-refractivity contribution in [2.75, 3.05) is 26.1 Å². The summed E-state index contributed by atoms with van der Waals surface area (Å²) in [7, 11) is 1.65. The minimum atomic E-state index is -0.544. The summed E-state index contributed by atoms with van der Waals surface area (Å²) < 4.78 is 16.4. The molecule has 1 aliphatic heterocycles. The van der Waals surface area contributed by atoms with Crippen LogP contribution in [0.4, 0.5) is 5.69 Å². The summed E-state index contributed by atoms with van der Waals surface area (Å²) in [4.78, 5) is 4.46. The molecule has 0 spiro atoms. The molecule has 0 radical (unpaired) electrons. The zero-order valence-electron chi connectivity index (χ0n) is 11.6. The van der Waals surface area contributed by atoms with Crippen molar-refractivity contribution in [2.24, 2.45) is 0 Å². The van der Waals surface area contributed by atoms with Crippen LogP contribution in [-0.4, -0.2) is 30.5 Å². The van der Waals surface area contributed by atoms with Crippen molar-refractivity contribution in [1.29, 1.82) is 0 Å². The third kappa shape index (κ3) is 2.62. The molecular weight excluding hydrogens is 294 g/mol. The van der Waals surface area contributed by atoms with E-state index in [1.165, 1.54) is 0 Å². The molecule has 0 amide bonds. The highest BCUT2D eigenvalue weighted by molar-refractivity contribution is 6.33. The summed E-state index contributed by atoms with van der Waals surface area (Å²) in [5.74, 6) is 0.938. The maximum Gasteiger partial charge on any atom is 0.258 e. The van der Waals surface area contributed by atoms with E-state index in [2.05, 4.69) is 10.1 Å². The summed E-state index contributed by atoms with van der Waals surface area (Å²) in [5.41, 5.74) is 6.46. The van der Waals surface area contributed by atoms with E-state index in [0.717, 1.165) is 5.56 Å². The molecule has 21 heavy (non-hydrogen) atoms. The molecule has 1 aliphatic rings. The molecule has 2 N–H and O–H groups in total. The first-order valence-electron chi connectivity index (χ1n) is 6.67. The van der Waals surface area contributed by atoms with E-state index in [4.69, 9.17) is 31.3 Å². The molecule has 112 valence electrons. The van der Waals surface area contributed by atoms with Gasteiger partial charge in [0, 0.05) is 38.7 Å². The van der Waals surface area contributed by atoms with Crippen LogP contribution in [0, 0.1) is 0 Å². The van der Waals surface area contributed by atoms with E-state index in [0.29, 0.717) is 48.5 Å². The number of methoxy groups -OCH3 is 1. The molecular formula is C14H16ClN3O3. The lowest BCUT2D eigenvalue weighted by molar-refractivity contribution is -0.101. The minimum absolute atomic E-state index is 0.399. The van der Waals surface area contributed by atoms with Crippen LogP contribution in [-0.2, 0) is 15.1 Å². The van der Waals surface area contributed by atoms with Crippen molar-refractivity contribution in [3.63, 3.8) is 0 Å². The molecule has 1 fully saturated rings. The van der Waals surface area contributed by atoms with Gasteiger partial charge >= 0.3 is 0 Å². The van der Waals surface area contributed by atoms with Gasteiger partial charge in [-0.25, -0.2) is 0 Å². The number of ether oxygens (including phenoxy) is 2. The van der Waals surface area contributed by atoms with Crippen molar-refractivity contribution in [1.82, 2.24) is 10.1 Å². The fourth-order valence-electron chi connectivity index (χ4n) is 2.42. The quantitative estimate of drug-likeness (QED) is 0.877. The predicted molar refractivity (Wildman–Crippen MR) is 77.9 cm³/mol. The second-order valence-corrected chi connectivity index (χ2v) is 5.38. The first-order chi connectivity index (χ1) is 10.1. The van der Waals surface area contributed by atoms with Crippen molar-refractivity contribution < 1.29 is 14.0 Å². The van der Waals surface area contributed by atoms with Crippen LogP contribution < -0.4 is 5.73 Å². The van der Waals surface area contributed by atoms with Gasteiger partial charge in [0.25, 0.3) is 5.89 Å². The van der Waals surface area contributed by atoms with Crippen LogP contribution >= 0.6 is 11.6 Å². The van der Waals surface area contributed by atoms with Gasteiger partial charge in [-0.15, -0.1) is 0 Å². The van der Waals surface area contributed by atoms with Gasteiger partial charge in [-0.05, 0) is 18.2 Å². The number of nitrogens with two attached hydrogens (primary N) is 1. The standard InChI is InChI=1S/C14H16ClN3O3/c1-19-14(4-6-20-7-5-14)13-17-12(21-18-13)9-2-3-10(15)11(16)8-9/h2-3,8H,4-7,16H2,1H3. The van der Waals surface area contributed by atoms with Crippen LogP contribution in [0.15, 0.2) is 22.7 Å². The molecule has 0 aliphatic carbocycles. The fourth-order valence-corrected chi connectivity index (χ4v) is 2.54. The summed E-state index contributed by atoms with van der Waals surface area (Å²) in [6, 6.07) is 5.21. The first-order valence-corrected chi connectivity index (χ1v) is 7.05. The Morgan fingerprint density at radius 1 is 1.33 bits per heavy atom. The van der Waals surface area contributed by atoms with Gasteiger partial charge in [-0.2, -0.15) is 4.98 Å². The van der Waals surface area contributed by atoms with Crippen molar-refractivity contribution in [3.05, 3.63) is 29.0 Å². The molecule has 2 heterocycles. The van der Waals surface area contributed by atoms with E-state index in [-0.39, 0.29) is 0 Å². The largest absolute Gasteiger partial charge is 0.398 e. The Hall–Kier alpha value is -1.63. The molecule has 7 heteroatoms. The normalized spacial score (nSPS) is 17.8. The lowest BCUT2D eigenvalue weighted by Crippen LogP contribution is -2.36. The number of nitrogen functional groups attached to an aromatic ring is 1. The Morgan fingerprint density at radius 3 is 2.76 bits per heavy atom. The lowest BCUT2D eigenvalue weighted by atomic mass is 9.93. The number of anilines is 1. The SMILES string of the molecule is COC1(c2noc(-c3ccc(Cl)c(N)c3)n2)CCOCC1. The maximum absolute atomic E-state index is 5.91. The third-order valence-electron chi connectivity index (χ3n) is 3.77. The topological polar surface area (TPSA) is 83.4 Å². The van der Waals surface area contributed by atoms with E-state index < -0.39 is 5.60 Å². The average molecular weight is 310 g/mol. The van der Waals surface area contributed by atoms with Crippen LogP contribution in [0.3, 0.4) is 0 Å². The number of halogens is 1. The third-order valence-corrected chi connectivity index (χ3v) is 4.11. The molecule has 1 saturated heterocycles. The van der Waals surface area contributed by atoms with Crippen LogP contribution in [0.1, 0.15) is 18.7 Å². The van der Waals surface area contributed by atoms with Gasteiger partial charge in [0.15, 0.2) is 0 Å². The molecule has 1 aromatic carbocycles. The smallest absolute Gasteiger partial charge is 0.258 e. The highest BCUT2D eigenvalue weighted by atomic mass is 35.5. The van der Waals surface area contributed by atoms with Crippen molar-refractivity contribution in [3.8, 4) is 11.5 Å². The zero-order valence-corrected chi connectivity index (χ0v) is 12.4. The highest BCUT2D eigenvalue weighted by Crippen LogP contribution is 2.35. The van der Waals surface area contributed by atoms with Crippen LogP contribution in [0.2, 0.25) is 5.02 Å². The lowest BCUT2D eigenvalue weighted by Gasteiger charge is -2.32. The monoisotopic (exact) mass is 309 g/mol. The van der Waals surface area contributed by atoms with Crippen molar-refractivity contribution in [2.45, 2.75) is 18.4 Å². The number of hydrogen-bond acceptors (Lipinski definition) is 6. The summed E-state index contributed by atoms with van der Waals surface area (Å²) in [6.45, 7) is 1.23. The van der Waals surface area contributed by atoms with Gasteiger partial charge in [0.1, 0.15) is 5.60 Å². The number of benzene rings is 1. The molecule has 0 unspecified atom stereocenters. The molecule has 0 atom stereocenters. The Bertz CT molecular complexity index is 638. The molecule has 1 aromatic heterocycles. The maximum atomic E-state index is 5.91. The molecule has 0 bridgehead atoms. The van der Waals surface area contributed by atoms with E-state index in [1.54, 1.807) is 25.3 Å². The zero-order chi connectivity index (χ0) is 14.9. The van der Waals surface area contributed by atoms with E-state index >= 15 is 0 Å². The number of rotatable bonds is 3. The highest BCUT2D eigenvalue weighted by Gasteiger charge is 2.39. The molecule has 3 rings (SSSR count). The Labute approximate surface area is 127 Å². The summed E-state index contributed by atoms with van der Waals surface area (Å²) in [5, 5.41) is 4.57. The van der Waals surface area contributed by atoms with E-state index in [9.17, 15) is 0 Å². The molecule has 0 saturated carbocycles. The van der Waals surface area contributed by atoms with Gasteiger partial charge in [0.2, 0.25) is 5.82 Å². The van der Waals surface area contributed by atoms with Gasteiger partial charge in [-0.1, -0.05) is 16.8 Å². The summed E-state index contributed by atoms with van der Waals surface area (Å²) in [6.07, 6.45) is 1.40. The molecule has 6 nitrogen and oxygen atoms in total. The van der Waals surface area contributed by atoms with Gasteiger partial charge in [-0.3, -0.25) is 0 Å². The Morgan fingerprint density at radius 2 is 2.10 bits per heavy atom. The van der Waals surface area contributed by atoms with Gasteiger partial charge < -0.3 is 19.7 Å². The molecule has 2 aromatic rings. The van der Waals surface area contributed by atoms with Crippen LogP contribution in [0.25, 0.3) is 11.5 Å². The average Bonchev–Trinajstić information content (AvgIpc) is 3.01. The Balaban J connectivity index is 1.93. The van der Waals surface area contributed by atoms with Gasteiger partial charge in [0.05, 0.1) is 10.7 Å². The second-order valence-electron chi connectivity index (χ2n) is 4.97. The second kappa shape index (κ2) is 5.63.